The van der Waals surface area contributed by atoms with Crippen LogP contribution >= 0.6 is 0 Å². The highest BCUT2D eigenvalue weighted by molar-refractivity contribution is 5.99. The van der Waals surface area contributed by atoms with E-state index in [1.165, 1.54) is 48.4 Å². The first-order valence-corrected chi connectivity index (χ1v) is 9.11. The molecular weight excluding hydrogens is 397 g/mol. The summed E-state index contributed by atoms with van der Waals surface area (Å²) in [7, 11) is 1.51. The number of nitro groups is 1. The molecule has 0 saturated heterocycles. The fraction of sp³-hybridized carbons (Fsp3) is 0.300. The number of likely N-dealkylation sites (N-methyl/N-ethyl adjacent to an activating group) is 1. The number of hydrogen-bond acceptors (Lipinski definition) is 7. The predicted molar refractivity (Wildman–Crippen MR) is 108 cm³/mol. The summed E-state index contributed by atoms with van der Waals surface area (Å²) in [6, 6.07) is 9.05. The normalized spacial score (nSPS) is 10.4. The minimum absolute atomic E-state index is 0.0714. The largest absolute Gasteiger partial charge is 0.452 e. The van der Waals surface area contributed by atoms with E-state index in [4.69, 9.17) is 9.47 Å². The SMILES string of the molecule is CCN(C(=O)COC(=O)c1cc([N+](=O)[O-])ccc1NCCOC)c1ccc(F)cc1. The zero-order valence-electron chi connectivity index (χ0n) is 16.6. The standard InChI is InChI=1S/C20H22FN3O6/c1-3-23(15-6-4-14(21)5-7-15)19(25)13-30-20(26)17-12-16(24(27)28)8-9-18(17)22-10-11-29-2/h4-9,12,22H,3,10-11,13H2,1-2H3. The lowest BCUT2D eigenvalue weighted by Crippen LogP contribution is -2.34. The molecule has 0 fully saturated rings. The lowest BCUT2D eigenvalue weighted by atomic mass is 10.1. The second-order valence-corrected chi connectivity index (χ2v) is 6.10. The number of non-ortho nitro benzene ring substituents is 1. The van der Waals surface area contributed by atoms with E-state index in [0.29, 0.717) is 24.5 Å². The molecule has 2 rings (SSSR count). The van der Waals surface area contributed by atoms with Gasteiger partial charge in [0.25, 0.3) is 11.6 Å². The Bertz CT molecular complexity index is 904. The number of methoxy groups -OCH3 is 1. The van der Waals surface area contributed by atoms with E-state index in [0.717, 1.165) is 6.07 Å². The Morgan fingerprint density at radius 1 is 1.20 bits per heavy atom. The smallest absolute Gasteiger partial charge is 0.341 e. The zero-order chi connectivity index (χ0) is 22.1. The van der Waals surface area contributed by atoms with Gasteiger partial charge in [0.05, 0.1) is 17.1 Å². The van der Waals surface area contributed by atoms with Crippen LogP contribution in [-0.4, -0.2) is 50.2 Å². The monoisotopic (exact) mass is 419 g/mol. The van der Waals surface area contributed by atoms with Crippen LogP contribution in [0.2, 0.25) is 0 Å². The maximum atomic E-state index is 13.1. The Labute approximate surface area is 172 Å². The van der Waals surface area contributed by atoms with Gasteiger partial charge in [-0.3, -0.25) is 14.9 Å². The molecule has 0 heterocycles. The van der Waals surface area contributed by atoms with Gasteiger partial charge in [-0.1, -0.05) is 0 Å². The third kappa shape index (κ3) is 5.98. The summed E-state index contributed by atoms with van der Waals surface area (Å²) in [5.41, 5.74) is 0.420. The molecule has 30 heavy (non-hydrogen) atoms. The molecular formula is C20H22FN3O6. The lowest BCUT2D eigenvalue weighted by Gasteiger charge is -2.21. The van der Waals surface area contributed by atoms with Crippen molar-refractivity contribution >= 4 is 28.9 Å². The minimum atomic E-state index is -0.887. The van der Waals surface area contributed by atoms with E-state index in [-0.39, 0.29) is 17.8 Å². The number of benzene rings is 2. The van der Waals surface area contributed by atoms with Gasteiger partial charge in [0.2, 0.25) is 0 Å². The van der Waals surface area contributed by atoms with Gasteiger partial charge in [0, 0.05) is 43.7 Å². The van der Waals surface area contributed by atoms with Crippen molar-refractivity contribution in [1.82, 2.24) is 0 Å². The Morgan fingerprint density at radius 3 is 2.50 bits per heavy atom. The summed E-state index contributed by atoms with van der Waals surface area (Å²) in [5, 5.41) is 14.0. The van der Waals surface area contributed by atoms with E-state index in [1.54, 1.807) is 6.92 Å². The molecule has 0 saturated carbocycles. The maximum absolute atomic E-state index is 13.1. The van der Waals surface area contributed by atoms with Gasteiger partial charge >= 0.3 is 5.97 Å². The van der Waals surface area contributed by atoms with E-state index >= 15 is 0 Å². The molecule has 0 bridgehead atoms. The van der Waals surface area contributed by atoms with Gasteiger partial charge in [-0.2, -0.15) is 0 Å². The summed E-state index contributed by atoms with van der Waals surface area (Å²) >= 11 is 0. The number of nitro benzene ring substituents is 1. The Kier molecular flexibility index (Phi) is 8.24. The number of nitrogens with zero attached hydrogens (tertiary/aromatic N) is 2. The maximum Gasteiger partial charge on any atom is 0.341 e. The Morgan fingerprint density at radius 2 is 1.90 bits per heavy atom. The number of esters is 1. The first-order chi connectivity index (χ1) is 14.4. The molecule has 10 heteroatoms. The van der Waals surface area contributed by atoms with Gasteiger partial charge in [-0.15, -0.1) is 0 Å². The van der Waals surface area contributed by atoms with Crippen LogP contribution in [0.3, 0.4) is 0 Å². The molecule has 0 unspecified atom stereocenters. The summed E-state index contributed by atoms with van der Waals surface area (Å²) in [6.07, 6.45) is 0. The van der Waals surface area contributed by atoms with Gasteiger partial charge in [-0.25, -0.2) is 9.18 Å². The summed E-state index contributed by atoms with van der Waals surface area (Å²) in [5.74, 6) is -1.84. The van der Waals surface area contributed by atoms with E-state index < -0.39 is 29.2 Å². The minimum Gasteiger partial charge on any atom is -0.452 e. The molecule has 0 aliphatic carbocycles. The van der Waals surface area contributed by atoms with Crippen LogP contribution in [0.15, 0.2) is 42.5 Å². The second kappa shape index (κ2) is 10.9. The van der Waals surface area contributed by atoms with Crippen molar-refractivity contribution < 1.29 is 28.4 Å². The molecule has 160 valence electrons. The summed E-state index contributed by atoms with van der Waals surface area (Å²) in [4.78, 5) is 36.8. The van der Waals surface area contributed by atoms with E-state index in [9.17, 15) is 24.1 Å². The average molecular weight is 419 g/mol. The molecule has 1 N–H and O–H groups in total. The number of nitrogens with one attached hydrogen (secondary N) is 1. The van der Waals surface area contributed by atoms with Crippen molar-refractivity contribution in [2.24, 2.45) is 0 Å². The van der Waals surface area contributed by atoms with Crippen LogP contribution in [0.1, 0.15) is 17.3 Å². The lowest BCUT2D eigenvalue weighted by molar-refractivity contribution is -0.384. The molecule has 0 atom stereocenters. The number of anilines is 2. The van der Waals surface area contributed by atoms with Gasteiger partial charge < -0.3 is 19.7 Å². The molecule has 1 amide bonds. The van der Waals surface area contributed by atoms with Crippen LogP contribution in [0.4, 0.5) is 21.5 Å². The second-order valence-electron chi connectivity index (χ2n) is 6.10. The van der Waals surface area contributed by atoms with Crippen molar-refractivity contribution in [1.29, 1.82) is 0 Å². The van der Waals surface area contributed by atoms with Crippen LogP contribution in [0, 0.1) is 15.9 Å². The third-order valence-corrected chi connectivity index (χ3v) is 4.14. The Hall–Kier alpha value is -3.53. The van der Waals surface area contributed by atoms with E-state index in [2.05, 4.69) is 5.32 Å². The van der Waals surface area contributed by atoms with Crippen LogP contribution in [-0.2, 0) is 14.3 Å². The highest BCUT2D eigenvalue weighted by Gasteiger charge is 2.21. The third-order valence-electron chi connectivity index (χ3n) is 4.14. The number of carbonyl (C=O) groups excluding carboxylic acids is 2. The van der Waals surface area contributed by atoms with Gasteiger partial charge in [-0.05, 0) is 37.3 Å². The number of hydrogen-bond donors (Lipinski definition) is 1. The van der Waals surface area contributed by atoms with Crippen LogP contribution < -0.4 is 10.2 Å². The molecule has 0 spiro atoms. The number of amides is 1. The fourth-order valence-electron chi connectivity index (χ4n) is 2.66. The van der Waals surface area contributed by atoms with Crippen molar-refractivity contribution in [3.63, 3.8) is 0 Å². The van der Waals surface area contributed by atoms with Crippen LogP contribution in [0.25, 0.3) is 0 Å². The van der Waals surface area contributed by atoms with Gasteiger partial charge in [0.1, 0.15) is 5.82 Å². The summed E-state index contributed by atoms with van der Waals surface area (Å²) < 4.78 is 23.1. The molecule has 0 aliphatic rings. The number of halogens is 1. The van der Waals surface area contributed by atoms with Crippen molar-refractivity contribution in [3.8, 4) is 0 Å². The topological polar surface area (TPSA) is 111 Å². The zero-order valence-corrected chi connectivity index (χ0v) is 16.6. The van der Waals surface area contributed by atoms with Gasteiger partial charge in [0.15, 0.2) is 6.61 Å². The predicted octanol–water partition coefficient (Wildman–Crippen LogP) is 3.00. The first kappa shape index (κ1) is 22.8. The molecule has 0 radical (unpaired) electrons. The van der Waals surface area contributed by atoms with Crippen molar-refractivity contribution in [2.75, 3.05) is 43.6 Å². The Balaban J connectivity index is 2.13. The quantitative estimate of drug-likeness (QED) is 0.273. The molecule has 0 aliphatic heterocycles. The highest BCUT2D eigenvalue weighted by atomic mass is 19.1. The first-order valence-electron chi connectivity index (χ1n) is 9.11. The molecule has 2 aromatic carbocycles. The van der Waals surface area contributed by atoms with Crippen LogP contribution in [0.5, 0.6) is 0 Å². The number of rotatable bonds is 10. The molecule has 9 nitrogen and oxygen atoms in total. The number of ether oxygens (including phenoxy) is 2. The number of carbonyl (C=O) groups is 2. The fourth-order valence-corrected chi connectivity index (χ4v) is 2.66. The molecule has 0 aromatic heterocycles. The average Bonchev–Trinajstić information content (AvgIpc) is 2.74. The highest BCUT2D eigenvalue weighted by Crippen LogP contribution is 2.23. The van der Waals surface area contributed by atoms with E-state index in [1.807, 2.05) is 0 Å². The van der Waals surface area contributed by atoms with Crippen molar-refractivity contribution in [3.05, 3.63) is 64.0 Å². The summed E-state index contributed by atoms with van der Waals surface area (Å²) in [6.45, 7) is 2.14. The van der Waals surface area contributed by atoms with Crippen molar-refractivity contribution in [2.45, 2.75) is 6.92 Å². The molecule has 2 aromatic rings.